The van der Waals surface area contributed by atoms with E-state index in [1.54, 1.807) is 6.33 Å². The second-order valence-electron chi connectivity index (χ2n) is 4.45. The van der Waals surface area contributed by atoms with Gasteiger partial charge in [0, 0.05) is 13.2 Å². The second-order valence-corrected chi connectivity index (χ2v) is 4.45. The molecule has 2 rings (SSSR count). The zero-order chi connectivity index (χ0) is 11.9. The van der Waals surface area contributed by atoms with Crippen LogP contribution in [-0.2, 0) is 17.8 Å². The first kappa shape index (κ1) is 12.5. The van der Waals surface area contributed by atoms with Gasteiger partial charge < -0.3 is 10.1 Å². The molecular formula is C12H22N4O. The van der Waals surface area contributed by atoms with Crippen molar-refractivity contribution in [1.29, 1.82) is 0 Å². The second kappa shape index (κ2) is 6.71. The van der Waals surface area contributed by atoms with Gasteiger partial charge in [0.05, 0.1) is 12.6 Å². The molecule has 0 spiro atoms. The van der Waals surface area contributed by atoms with Gasteiger partial charge in [-0.3, -0.25) is 0 Å². The van der Waals surface area contributed by atoms with E-state index in [1.165, 1.54) is 19.3 Å². The van der Waals surface area contributed by atoms with E-state index >= 15 is 0 Å². The van der Waals surface area contributed by atoms with Crippen LogP contribution in [0.4, 0.5) is 0 Å². The number of ether oxygens (including phenoxy) is 1. The molecule has 2 heterocycles. The maximum atomic E-state index is 5.69. The van der Waals surface area contributed by atoms with Gasteiger partial charge in [-0.25, -0.2) is 9.67 Å². The Kier molecular flexibility index (Phi) is 4.94. The Morgan fingerprint density at radius 1 is 1.53 bits per heavy atom. The highest BCUT2D eigenvalue weighted by atomic mass is 16.5. The molecule has 1 atom stereocenters. The molecule has 0 radical (unpaired) electrons. The summed E-state index contributed by atoms with van der Waals surface area (Å²) in [6.45, 7) is 5.67. The van der Waals surface area contributed by atoms with Gasteiger partial charge in [0.1, 0.15) is 12.2 Å². The van der Waals surface area contributed by atoms with Crippen molar-refractivity contribution in [3.8, 4) is 0 Å². The third kappa shape index (κ3) is 3.78. The van der Waals surface area contributed by atoms with Crippen LogP contribution in [0.2, 0.25) is 0 Å². The summed E-state index contributed by atoms with van der Waals surface area (Å²) in [7, 11) is 0. The highest BCUT2D eigenvalue weighted by Crippen LogP contribution is 2.14. The molecule has 5 nitrogen and oxygen atoms in total. The SMILES string of the molecule is CCn1ncnc1CNCCC1CCCCO1. The summed E-state index contributed by atoms with van der Waals surface area (Å²) >= 11 is 0. The van der Waals surface area contributed by atoms with E-state index in [1.807, 2.05) is 4.68 Å². The molecule has 5 heteroatoms. The largest absolute Gasteiger partial charge is 0.378 e. The molecule has 1 aromatic heterocycles. The molecular weight excluding hydrogens is 216 g/mol. The van der Waals surface area contributed by atoms with Crippen LogP contribution in [0, 0.1) is 0 Å². The third-order valence-corrected chi connectivity index (χ3v) is 3.20. The van der Waals surface area contributed by atoms with Gasteiger partial charge in [0.25, 0.3) is 0 Å². The summed E-state index contributed by atoms with van der Waals surface area (Å²) in [4.78, 5) is 4.23. The van der Waals surface area contributed by atoms with Crippen LogP contribution in [0.15, 0.2) is 6.33 Å². The smallest absolute Gasteiger partial charge is 0.140 e. The molecule has 0 aliphatic carbocycles. The van der Waals surface area contributed by atoms with E-state index in [9.17, 15) is 0 Å². The Morgan fingerprint density at radius 3 is 3.24 bits per heavy atom. The Labute approximate surface area is 103 Å². The Morgan fingerprint density at radius 2 is 2.47 bits per heavy atom. The maximum absolute atomic E-state index is 5.69. The Bertz CT molecular complexity index is 320. The fourth-order valence-electron chi connectivity index (χ4n) is 2.19. The van der Waals surface area contributed by atoms with Crippen molar-refractivity contribution in [1.82, 2.24) is 20.1 Å². The summed E-state index contributed by atoms with van der Waals surface area (Å²) in [6, 6.07) is 0. The Balaban J connectivity index is 1.62. The minimum absolute atomic E-state index is 0.459. The van der Waals surface area contributed by atoms with E-state index in [2.05, 4.69) is 22.3 Å². The van der Waals surface area contributed by atoms with E-state index in [4.69, 9.17) is 4.74 Å². The topological polar surface area (TPSA) is 52.0 Å². The van der Waals surface area contributed by atoms with Crippen LogP contribution >= 0.6 is 0 Å². The predicted octanol–water partition coefficient (Wildman–Crippen LogP) is 1.35. The van der Waals surface area contributed by atoms with E-state index in [-0.39, 0.29) is 0 Å². The standard InChI is InChI=1S/C12H22N4O/c1-2-16-12(14-10-15-16)9-13-7-6-11-5-3-4-8-17-11/h10-11,13H,2-9H2,1H3. The first-order valence-corrected chi connectivity index (χ1v) is 6.59. The summed E-state index contributed by atoms with van der Waals surface area (Å²) < 4.78 is 7.61. The first-order chi connectivity index (χ1) is 8.40. The predicted molar refractivity (Wildman–Crippen MR) is 65.6 cm³/mol. The van der Waals surface area contributed by atoms with Gasteiger partial charge in [-0.15, -0.1) is 0 Å². The van der Waals surface area contributed by atoms with Crippen molar-refractivity contribution in [3.63, 3.8) is 0 Å². The van der Waals surface area contributed by atoms with Gasteiger partial charge in [-0.05, 0) is 39.2 Å². The van der Waals surface area contributed by atoms with Gasteiger partial charge in [0.15, 0.2) is 0 Å². The summed E-state index contributed by atoms with van der Waals surface area (Å²) in [5, 5.41) is 7.55. The van der Waals surface area contributed by atoms with Crippen molar-refractivity contribution in [3.05, 3.63) is 12.2 Å². The van der Waals surface area contributed by atoms with Crippen molar-refractivity contribution >= 4 is 0 Å². The minimum atomic E-state index is 0.459. The number of aromatic nitrogens is 3. The molecule has 1 unspecified atom stereocenters. The van der Waals surface area contributed by atoms with Crippen molar-refractivity contribution in [2.45, 2.75) is 51.8 Å². The van der Waals surface area contributed by atoms with E-state index < -0.39 is 0 Å². The molecule has 0 amide bonds. The average Bonchev–Trinajstić information content (AvgIpc) is 2.83. The molecule has 0 aromatic carbocycles. The van der Waals surface area contributed by atoms with Crippen LogP contribution in [0.5, 0.6) is 0 Å². The first-order valence-electron chi connectivity index (χ1n) is 6.59. The van der Waals surface area contributed by atoms with E-state index in [0.29, 0.717) is 6.10 Å². The maximum Gasteiger partial charge on any atom is 0.140 e. The highest BCUT2D eigenvalue weighted by Gasteiger charge is 2.12. The molecule has 1 fully saturated rings. The van der Waals surface area contributed by atoms with Crippen molar-refractivity contribution in [2.75, 3.05) is 13.2 Å². The molecule has 1 N–H and O–H groups in total. The van der Waals surface area contributed by atoms with Gasteiger partial charge >= 0.3 is 0 Å². The van der Waals surface area contributed by atoms with Gasteiger partial charge in [0.2, 0.25) is 0 Å². The number of hydrogen-bond acceptors (Lipinski definition) is 4. The lowest BCUT2D eigenvalue weighted by molar-refractivity contribution is 0.0115. The lowest BCUT2D eigenvalue weighted by Gasteiger charge is -2.22. The fraction of sp³-hybridized carbons (Fsp3) is 0.833. The number of aryl methyl sites for hydroxylation is 1. The number of hydrogen-bond donors (Lipinski definition) is 1. The Hall–Kier alpha value is -0.940. The molecule has 1 saturated heterocycles. The van der Waals surface area contributed by atoms with Gasteiger partial charge in [-0.1, -0.05) is 0 Å². The lowest BCUT2D eigenvalue weighted by atomic mass is 10.1. The third-order valence-electron chi connectivity index (χ3n) is 3.20. The molecule has 1 aromatic rings. The lowest BCUT2D eigenvalue weighted by Crippen LogP contribution is -2.26. The quantitative estimate of drug-likeness (QED) is 0.760. The van der Waals surface area contributed by atoms with Crippen LogP contribution < -0.4 is 5.32 Å². The monoisotopic (exact) mass is 238 g/mol. The van der Waals surface area contributed by atoms with Gasteiger partial charge in [-0.2, -0.15) is 5.10 Å². The molecule has 96 valence electrons. The fourth-order valence-corrected chi connectivity index (χ4v) is 2.19. The van der Waals surface area contributed by atoms with E-state index in [0.717, 1.165) is 38.5 Å². The molecule has 0 saturated carbocycles. The minimum Gasteiger partial charge on any atom is -0.378 e. The van der Waals surface area contributed by atoms with Crippen LogP contribution in [0.3, 0.4) is 0 Å². The summed E-state index contributed by atoms with van der Waals surface area (Å²) in [6.07, 6.45) is 6.93. The number of nitrogens with one attached hydrogen (secondary N) is 1. The molecule has 0 bridgehead atoms. The zero-order valence-electron chi connectivity index (χ0n) is 10.6. The van der Waals surface area contributed by atoms with Crippen molar-refractivity contribution < 1.29 is 4.74 Å². The van der Waals surface area contributed by atoms with Crippen LogP contribution in [-0.4, -0.2) is 34.0 Å². The van der Waals surface area contributed by atoms with Crippen LogP contribution in [0.25, 0.3) is 0 Å². The average molecular weight is 238 g/mol. The summed E-state index contributed by atoms with van der Waals surface area (Å²) in [5.74, 6) is 1.01. The normalized spacial score (nSPS) is 20.6. The van der Waals surface area contributed by atoms with Crippen molar-refractivity contribution in [2.24, 2.45) is 0 Å². The number of rotatable bonds is 6. The van der Waals surface area contributed by atoms with Crippen LogP contribution in [0.1, 0.15) is 38.4 Å². The molecule has 1 aliphatic rings. The molecule has 1 aliphatic heterocycles. The summed E-state index contributed by atoms with van der Waals surface area (Å²) in [5.41, 5.74) is 0. The zero-order valence-corrected chi connectivity index (χ0v) is 10.6. The number of nitrogens with zero attached hydrogens (tertiary/aromatic N) is 3. The highest BCUT2D eigenvalue weighted by molar-refractivity contribution is 4.83. The molecule has 17 heavy (non-hydrogen) atoms.